The summed E-state index contributed by atoms with van der Waals surface area (Å²) in [6, 6.07) is 5.85. The van der Waals surface area contributed by atoms with Gasteiger partial charge in [0.25, 0.3) is 0 Å². The first-order valence-electron chi connectivity index (χ1n) is 6.13. The number of nitrogens with two attached hydrogens (primary N) is 1. The minimum Gasteiger partial charge on any atom is -0.496 e. The molecule has 0 amide bonds. The Morgan fingerprint density at radius 3 is 2.72 bits per heavy atom. The van der Waals surface area contributed by atoms with Crippen molar-refractivity contribution < 1.29 is 4.74 Å². The zero-order chi connectivity index (χ0) is 13.5. The van der Waals surface area contributed by atoms with Gasteiger partial charge in [-0.15, -0.1) is 0 Å². The largest absolute Gasteiger partial charge is 0.496 e. The van der Waals surface area contributed by atoms with Crippen LogP contribution in [0.15, 0.2) is 18.2 Å². The second-order valence-electron chi connectivity index (χ2n) is 4.68. The molecule has 0 aliphatic heterocycles. The quantitative estimate of drug-likeness (QED) is 0.452. The monoisotopic (exact) mass is 266 g/mol. The van der Waals surface area contributed by atoms with E-state index in [2.05, 4.69) is 13.8 Å². The molecule has 0 unspecified atom stereocenters. The Hall–Kier alpha value is -1.16. The molecule has 0 aliphatic rings. The number of rotatable bonds is 7. The average molecular weight is 266 g/mol. The summed E-state index contributed by atoms with van der Waals surface area (Å²) in [5.74, 6) is 3.64. The highest BCUT2D eigenvalue weighted by molar-refractivity contribution is 7.98. The molecule has 4 heteroatoms. The highest BCUT2D eigenvalue weighted by atomic mass is 32.2. The summed E-state index contributed by atoms with van der Waals surface area (Å²) in [4.78, 5) is 0. The zero-order valence-corrected chi connectivity index (χ0v) is 12.1. The van der Waals surface area contributed by atoms with Gasteiger partial charge in [0.1, 0.15) is 11.6 Å². The van der Waals surface area contributed by atoms with Gasteiger partial charge in [0.2, 0.25) is 0 Å². The van der Waals surface area contributed by atoms with Gasteiger partial charge in [-0.3, -0.25) is 5.41 Å². The molecule has 1 aromatic rings. The molecule has 0 fully saturated rings. The van der Waals surface area contributed by atoms with Crippen molar-refractivity contribution in [1.29, 1.82) is 5.41 Å². The fourth-order valence-corrected chi connectivity index (χ4v) is 2.75. The average Bonchev–Trinajstić information content (AvgIpc) is 2.33. The second kappa shape index (κ2) is 7.31. The lowest BCUT2D eigenvalue weighted by atomic mass is 10.1. The van der Waals surface area contributed by atoms with Crippen molar-refractivity contribution in [3.05, 3.63) is 29.3 Å². The summed E-state index contributed by atoms with van der Waals surface area (Å²) >= 11 is 1.93. The molecule has 3 N–H and O–H groups in total. The first-order valence-corrected chi connectivity index (χ1v) is 7.29. The zero-order valence-electron chi connectivity index (χ0n) is 11.3. The molecule has 1 rings (SSSR count). The summed E-state index contributed by atoms with van der Waals surface area (Å²) < 4.78 is 5.26. The molecule has 0 radical (unpaired) electrons. The van der Waals surface area contributed by atoms with Gasteiger partial charge in [-0.1, -0.05) is 19.9 Å². The molecule has 3 nitrogen and oxygen atoms in total. The Labute approximate surface area is 114 Å². The van der Waals surface area contributed by atoms with Crippen LogP contribution in [0.2, 0.25) is 0 Å². The van der Waals surface area contributed by atoms with E-state index in [1.807, 2.05) is 30.0 Å². The fourth-order valence-electron chi connectivity index (χ4n) is 1.56. The number of nitrogen functional groups attached to an aromatic ring is 1. The van der Waals surface area contributed by atoms with Crippen LogP contribution in [0.5, 0.6) is 5.75 Å². The lowest BCUT2D eigenvalue weighted by Crippen LogP contribution is -2.12. The van der Waals surface area contributed by atoms with E-state index < -0.39 is 0 Å². The van der Waals surface area contributed by atoms with Crippen molar-refractivity contribution in [1.82, 2.24) is 0 Å². The van der Waals surface area contributed by atoms with E-state index in [1.165, 1.54) is 17.7 Å². The summed E-state index contributed by atoms with van der Waals surface area (Å²) in [5, 5.41) is 7.46. The standard InChI is InChI=1S/C14H22N2OS/c1-10(2)6-7-18-9-11-4-5-12(14(15)16)13(8-11)17-3/h4-5,8,10H,6-7,9H2,1-3H3,(H3,15,16). The predicted molar refractivity (Wildman–Crippen MR) is 79.6 cm³/mol. The van der Waals surface area contributed by atoms with Crippen LogP contribution in [0.3, 0.4) is 0 Å². The molecule has 1 aromatic carbocycles. The highest BCUT2D eigenvalue weighted by Crippen LogP contribution is 2.23. The van der Waals surface area contributed by atoms with E-state index in [0.29, 0.717) is 11.3 Å². The van der Waals surface area contributed by atoms with Crippen LogP contribution in [0.25, 0.3) is 0 Å². The summed E-state index contributed by atoms with van der Waals surface area (Å²) in [6.07, 6.45) is 1.24. The lowest BCUT2D eigenvalue weighted by molar-refractivity contribution is 0.413. The van der Waals surface area contributed by atoms with Gasteiger partial charge in [0, 0.05) is 5.75 Å². The maximum absolute atomic E-state index is 7.46. The van der Waals surface area contributed by atoms with Crippen LogP contribution < -0.4 is 10.5 Å². The van der Waals surface area contributed by atoms with Crippen LogP contribution in [0.4, 0.5) is 0 Å². The Bertz CT molecular complexity index is 405. The minimum absolute atomic E-state index is 0.0471. The van der Waals surface area contributed by atoms with Gasteiger partial charge in [0.15, 0.2) is 0 Å². The molecule has 0 atom stereocenters. The van der Waals surface area contributed by atoms with Crippen LogP contribution in [-0.2, 0) is 5.75 Å². The number of thioether (sulfide) groups is 1. The number of amidine groups is 1. The molecule has 0 heterocycles. The Morgan fingerprint density at radius 2 is 2.17 bits per heavy atom. The first-order chi connectivity index (χ1) is 8.54. The molecular formula is C14H22N2OS. The van der Waals surface area contributed by atoms with Gasteiger partial charge >= 0.3 is 0 Å². The van der Waals surface area contributed by atoms with Gasteiger partial charge in [0.05, 0.1) is 12.7 Å². The van der Waals surface area contributed by atoms with Gasteiger partial charge in [-0.2, -0.15) is 11.8 Å². The number of hydrogen-bond acceptors (Lipinski definition) is 3. The van der Waals surface area contributed by atoms with Crippen molar-refractivity contribution in [3.63, 3.8) is 0 Å². The summed E-state index contributed by atoms with van der Waals surface area (Å²) in [5.41, 5.74) is 7.37. The molecule has 0 spiro atoms. The van der Waals surface area contributed by atoms with Crippen molar-refractivity contribution in [3.8, 4) is 5.75 Å². The minimum atomic E-state index is 0.0471. The molecule has 0 aliphatic carbocycles. The number of methoxy groups -OCH3 is 1. The van der Waals surface area contributed by atoms with Crippen LogP contribution in [0, 0.1) is 11.3 Å². The molecule has 18 heavy (non-hydrogen) atoms. The van der Waals surface area contributed by atoms with Crippen LogP contribution in [0.1, 0.15) is 31.4 Å². The molecule has 0 bridgehead atoms. The van der Waals surface area contributed by atoms with Crippen molar-refractivity contribution in [2.45, 2.75) is 26.0 Å². The third kappa shape index (κ3) is 4.61. The fraction of sp³-hybridized carbons (Fsp3) is 0.500. The van der Waals surface area contributed by atoms with Crippen molar-refractivity contribution in [2.24, 2.45) is 11.7 Å². The van der Waals surface area contributed by atoms with Crippen molar-refractivity contribution >= 4 is 17.6 Å². The van der Waals surface area contributed by atoms with E-state index in [9.17, 15) is 0 Å². The highest BCUT2D eigenvalue weighted by Gasteiger charge is 2.07. The number of ether oxygens (including phenoxy) is 1. The maximum Gasteiger partial charge on any atom is 0.130 e. The Morgan fingerprint density at radius 1 is 1.44 bits per heavy atom. The molecule has 0 saturated carbocycles. The lowest BCUT2D eigenvalue weighted by Gasteiger charge is -2.10. The SMILES string of the molecule is COc1cc(CSCCC(C)C)ccc1C(=N)N. The molecule has 0 saturated heterocycles. The number of nitrogens with one attached hydrogen (secondary N) is 1. The normalized spacial score (nSPS) is 10.7. The van der Waals surface area contributed by atoms with Gasteiger partial charge in [-0.25, -0.2) is 0 Å². The van der Waals surface area contributed by atoms with Gasteiger partial charge in [-0.05, 0) is 35.8 Å². The smallest absolute Gasteiger partial charge is 0.130 e. The third-order valence-corrected chi connectivity index (χ3v) is 3.73. The maximum atomic E-state index is 7.46. The van der Waals surface area contributed by atoms with E-state index in [0.717, 1.165) is 11.7 Å². The summed E-state index contributed by atoms with van der Waals surface area (Å²) in [6.45, 7) is 4.48. The van der Waals surface area contributed by atoms with E-state index >= 15 is 0 Å². The van der Waals surface area contributed by atoms with Crippen molar-refractivity contribution in [2.75, 3.05) is 12.9 Å². The molecule has 100 valence electrons. The second-order valence-corrected chi connectivity index (χ2v) is 5.79. The predicted octanol–water partition coefficient (Wildman–Crippen LogP) is 3.26. The Balaban J connectivity index is 2.60. The van der Waals surface area contributed by atoms with E-state index in [-0.39, 0.29) is 5.84 Å². The molecular weight excluding hydrogens is 244 g/mol. The van der Waals surface area contributed by atoms with Crippen LogP contribution in [-0.4, -0.2) is 18.7 Å². The topological polar surface area (TPSA) is 59.1 Å². The molecule has 0 aromatic heterocycles. The van der Waals surface area contributed by atoms with E-state index in [1.54, 1.807) is 7.11 Å². The number of hydrogen-bond donors (Lipinski definition) is 2. The summed E-state index contributed by atoms with van der Waals surface area (Å²) in [7, 11) is 1.61. The van der Waals surface area contributed by atoms with Gasteiger partial charge < -0.3 is 10.5 Å². The first kappa shape index (κ1) is 14.9. The van der Waals surface area contributed by atoms with Crippen LogP contribution >= 0.6 is 11.8 Å². The Kier molecular flexibility index (Phi) is 6.05. The number of benzene rings is 1. The van der Waals surface area contributed by atoms with E-state index in [4.69, 9.17) is 15.9 Å². The third-order valence-electron chi connectivity index (χ3n) is 2.66.